The summed E-state index contributed by atoms with van der Waals surface area (Å²) in [5, 5.41) is 3.59. The van der Waals surface area contributed by atoms with Crippen molar-refractivity contribution < 1.29 is 17.9 Å². The first-order chi connectivity index (χ1) is 12.6. The summed E-state index contributed by atoms with van der Waals surface area (Å²) in [6.07, 6.45) is -4.62. The van der Waals surface area contributed by atoms with Crippen LogP contribution in [0.1, 0.15) is 26.6 Å². The van der Waals surface area contributed by atoms with Crippen LogP contribution in [0.15, 0.2) is 42.5 Å². The Hall–Kier alpha value is -2.83. The van der Waals surface area contributed by atoms with Gasteiger partial charge in [0, 0.05) is 10.9 Å². The van der Waals surface area contributed by atoms with E-state index >= 15 is 0 Å². The SMILES string of the molecule is COc1cccc(-c2ccc3nc(C(F)(F)F)nc(NC(C)(C)C)c3c2)c1. The molecule has 2 aromatic carbocycles. The number of anilines is 1. The van der Waals surface area contributed by atoms with Crippen LogP contribution in [0, 0.1) is 0 Å². The lowest BCUT2D eigenvalue weighted by molar-refractivity contribution is -0.144. The monoisotopic (exact) mass is 375 g/mol. The molecule has 1 heterocycles. The summed E-state index contributed by atoms with van der Waals surface area (Å²) >= 11 is 0. The summed E-state index contributed by atoms with van der Waals surface area (Å²) in [5.74, 6) is -0.301. The van der Waals surface area contributed by atoms with E-state index in [1.54, 1.807) is 25.3 Å². The van der Waals surface area contributed by atoms with Crippen LogP contribution in [0.5, 0.6) is 5.75 Å². The molecule has 0 spiro atoms. The van der Waals surface area contributed by atoms with E-state index in [1.807, 2.05) is 45.0 Å². The number of methoxy groups -OCH3 is 1. The molecular formula is C20H20F3N3O. The minimum Gasteiger partial charge on any atom is -0.497 e. The second kappa shape index (κ2) is 6.72. The summed E-state index contributed by atoms with van der Waals surface area (Å²) in [4.78, 5) is 7.46. The molecule has 0 atom stereocenters. The second-order valence-corrected chi connectivity index (χ2v) is 7.23. The molecule has 3 rings (SSSR count). The first kappa shape index (κ1) is 18.9. The van der Waals surface area contributed by atoms with E-state index in [0.29, 0.717) is 11.1 Å². The van der Waals surface area contributed by atoms with Gasteiger partial charge in [-0.15, -0.1) is 0 Å². The largest absolute Gasteiger partial charge is 0.497 e. The van der Waals surface area contributed by atoms with Crippen LogP contribution in [0.2, 0.25) is 0 Å². The molecule has 1 aromatic heterocycles. The minimum atomic E-state index is -4.62. The Labute approximate surface area is 155 Å². The molecule has 0 aliphatic rings. The van der Waals surface area contributed by atoms with Crippen molar-refractivity contribution in [1.29, 1.82) is 0 Å². The molecule has 3 aromatic rings. The molecule has 0 radical (unpaired) electrons. The number of alkyl halides is 3. The van der Waals surface area contributed by atoms with E-state index in [9.17, 15) is 13.2 Å². The number of fused-ring (bicyclic) bond motifs is 1. The average Bonchev–Trinajstić information content (AvgIpc) is 2.59. The van der Waals surface area contributed by atoms with E-state index in [1.165, 1.54) is 0 Å². The molecule has 0 saturated carbocycles. The van der Waals surface area contributed by atoms with Gasteiger partial charge in [-0.2, -0.15) is 13.2 Å². The fourth-order valence-corrected chi connectivity index (χ4v) is 2.69. The first-order valence-corrected chi connectivity index (χ1v) is 8.38. The molecule has 0 amide bonds. The Kier molecular flexibility index (Phi) is 4.71. The van der Waals surface area contributed by atoms with E-state index in [0.717, 1.165) is 11.1 Å². The van der Waals surface area contributed by atoms with Gasteiger partial charge in [-0.05, 0) is 56.2 Å². The van der Waals surface area contributed by atoms with Crippen LogP contribution in [-0.4, -0.2) is 22.6 Å². The van der Waals surface area contributed by atoms with Crippen LogP contribution in [0.3, 0.4) is 0 Å². The van der Waals surface area contributed by atoms with Crippen molar-refractivity contribution in [2.45, 2.75) is 32.5 Å². The number of hydrogen-bond acceptors (Lipinski definition) is 4. The standard InChI is InChI=1S/C20H20F3N3O/c1-19(2,3)26-17-15-11-13(12-6-5-7-14(10-12)27-4)8-9-16(15)24-18(25-17)20(21,22)23/h5-11H,1-4H3,(H,24,25,26). The molecular weight excluding hydrogens is 355 g/mol. The van der Waals surface area contributed by atoms with Crippen molar-refractivity contribution >= 4 is 16.7 Å². The van der Waals surface area contributed by atoms with E-state index in [-0.39, 0.29) is 11.3 Å². The van der Waals surface area contributed by atoms with Crippen molar-refractivity contribution in [2.75, 3.05) is 12.4 Å². The molecule has 0 aliphatic carbocycles. The van der Waals surface area contributed by atoms with E-state index in [2.05, 4.69) is 15.3 Å². The number of aromatic nitrogens is 2. The molecule has 1 N–H and O–H groups in total. The Morgan fingerprint density at radius 3 is 2.26 bits per heavy atom. The molecule has 7 heteroatoms. The lowest BCUT2D eigenvalue weighted by atomic mass is 10.0. The smallest absolute Gasteiger partial charge is 0.451 e. The number of halogens is 3. The van der Waals surface area contributed by atoms with Gasteiger partial charge in [0.2, 0.25) is 5.82 Å². The maximum Gasteiger partial charge on any atom is 0.451 e. The summed E-state index contributed by atoms with van der Waals surface area (Å²) in [6, 6.07) is 12.6. The first-order valence-electron chi connectivity index (χ1n) is 8.38. The summed E-state index contributed by atoms with van der Waals surface area (Å²) in [7, 11) is 1.58. The van der Waals surface area contributed by atoms with Crippen molar-refractivity contribution in [3.05, 3.63) is 48.3 Å². The number of ether oxygens (including phenoxy) is 1. The zero-order chi connectivity index (χ0) is 19.8. The van der Waals surface area contributed by atoms with Crippen molar-refractivity contribution in [3.8, 4) is 16.9 Å². The number of nitrogens with one attached hydrogen (secondary N) is 1. The minimum absolute atomic E-state index is 0.157. The molecule has 142 valence electrons. The lowest BCUT2D eigenvalue weighted by Crippen LogP contribution is -2.27. The van der Waals surface area contributed by atoms with Crippen molar-refractivity contribution in [1.82, 2.24) is 9.97 Å². The Balaban J connectivity index is 2.20. The topological polar surface area (TPSA) is 47.0 Å². The van der Waals surface area contributed by atoms with E-state index < -0.39 is 17.5 Å². The Morgan fingerprint density at radius 2 is 1.63 bits per heavy atom. The van der Waals surface area contributed by atoms with Crippen LogP contribution >= 0.6 is 0 Å². The van der Waals surface area contributed by atoms with Gasteiger partial charge in [0.25, 0.3) is 0 Å². The molecule has 0 fully saturated rings. The van der Waals surface area contributed by atoms with Crippen LogP contribution in [0.4, 0.5) is 19.0 Å². The van der Waals surface area contributed by atoms with Crippen molar-refractivity contribution in [3.63, 3.8) is 0 Å². The summed E-state index contributed by atoms with van der Waals surface area (Å²) in [5.41, 5.74) is 1.49. The number of nitrogens with zero attached hydrogens (tertiary/aromatic N) is 2. The molecule has 0 bridgehead atoms. The highest BCUT2D eigenvalue weighted by molar-refractivity contribution is 5.93. The third-order valence-electron chi connectivity index (χ3n) is 3.85. The quantitative estimate of drug-likeness (QED) is 0.653. The maximum absolute atomic E-state index is 13.2. The predicted octanol–water partition coefficient (Wildman–Crippen LogP) is 5.53. The molecule has 0 aliphatic heterocycles. The molecule has 4 nitrogen and oxygen atoms in total. The second-order valence-electron chi connectivity index (χ2n) is 7.23. The van der Waals surface area contributed by atoms with Crippen molar-refractivity contribution in [2.24, 2.45) is 0 Å². The molecule has 27 heavy (non-hydrogen) atoms. The Bertz CT molecular complexity index is 978. The van der Waals surface area contributed by atoms with Gasteiger partial charge in [-0.3, -0.25) is 0 Å². The number of rotatable bonds is 3. The predicted molar refractivity (Wildman–Crippen MR) is 99.9 cm³/mol. The highest BCUT2D eigenvalue weighted by Gasteiger charge is 2.36. The molecule has 0 unspecified atom stereocenters. The number of hydrogen-bond donors (Lipinski definition) is 1. The summed E-state index contributed by atoms with van der Waals surface area (Å²) in [6.45, 7) is 5.58. The highest BCUT2D eigenvalue weighted by Crippen LogP contribution is 2.34. The molecule has 0 saturated heterocycles. The van der Waals surface area contributed by atoms with Crippen LogP contribution in [0.25, 0.3) is 22.0 Å². The third-order valence-corrected chi connectivity index (χ3v) is 3.85. The summed E-state index contributed by atoms with van der Waals surface area (Å²) < 4.78 is 44.8. The van der Waals surface area contributed by atoms with Gasteiger partial charge in [0.1, 0.15) is 11.6 Å². The van der Waals surface area contributed by atoms with Gasteiger partial charge in [-0.25, -0.2) is 9.97 Å². The fraction of sp³-hybridized carbons (Fsp3) is 0.300. The van der Waals surface area contributed by atoms with Gasteiger partial charge < -0.3 is 10.1 Å². The van der Waals surface area contributed by atoms with E-state index in [4.69, 9.17) is 4.74 Å². The van der Waals surface area contributed by atoms with Crippen LogP contribution in [-0.2, 0) is 6.18 Å². The highest BCUT2D eigenvalue weighted by atomic mass is 19.4. The third kappa shape index (κ3) is 4.30. The van der Waals surface area contributed by atoms with Gasteiger partial charge >= 0.3 is 6.18 Å². The van der Waals surface area contributed by atoms with Gasteiger partial charge in [-0.1, -0.05) is 18.2 Å². The normalized spacial score (nSPS) is 12.3. The fourth-order valence-electron chi connectivity index (χ4n) is 2.69. The Morgan fingerprint density at radius 1 is 0.926 bits per heavy atom. The maximum atomic E-state index is 13.2. The number of benzene rings is 2. The van der Waals surface area contributed by atoms with Gasteiger partial charge in [0.05, 0.1) is 12.6 Å². The zero-order valence-electron chi connectivity index (χ0n) is 15.5. The van der Waals surface area contributed by atoms with Gasteiger partial charge in [0.15, 0.2) is 0 Å². The lowest BCUT2D eigenvalue weighted by Gasteiger charge is -2.23. The zero-order valence-corrected chi connectivity index (χ0v) is 15.5. The van der Waals surface area contributed by atoms with Crippen LogP contribution < -0.4 is 10.1 Å². The average molecular weight is 375 g/mol.